The molecule has 0 radical (unpaired) electrons. The molecule has 128 valence electrons. The molecule has 23 heavy (non-hydrogen) atoms. The van der Waals surface area contributed by atoms with Crippen LogP contribution in [0.3, 0.4) is 0 Å². The summed E-state index contributed by atoms with van der Waals surface area (Å²) in [6.45, 7) is 4.38. The summed E-state index contributed by atoms with van der Waals surface area (Å²) in [6, 6.07) is 6.55. The number of amides is 1. The van der Waals surface area contributed by atoms with Gasteiger partial charge in [-0.25, -0.2) is 0 Å². The molecule has 1 aliphatic rings. The highest BCUT2D eigenvalue weighted by molar-refractivity contribution is 5.76. The summed E-state index contributed by atoms with van der Waals surface area (Å²) in [5.74, 6) is 1.85. The minimum absolute atomic E-state index is 0.254. The van der Waals surface area contributed by atoms with Gasteiger partial charge < -0.3 is 19.7 Å². The van der Waals surface area contributed by atoms with Crippen LogP contribution in [0.5, 0.6) is 11.5 Å². The van der Waals surface area contributed by atoms with Crippen LogP contribution in [0.1, 0.15) is 31.7 Å². The molecule has 5 nitrogen and oxygen atoms in total. The number of nitrogens with one attached hydrogen (secondary N) is 1. The van der Waals surface area contributed by atoms with Gasteiger partial charge >= 0.3 is 0 Å². The Labute approximate surface area is 139 Å². The summed E-state index contributed by atoms with van der Waals surface area (Å²) >= 11 is 0. The number of hydrogen-bond acceptors (Lipinski definition) is 4. The fraction of sp³-hybridized carbons (Fsp3) is 0.611. The summed E-state index contributed by atoms with van der Waals surface area (Å²) in [6.07, 6.45) is 3.66. The van der Waals surface area contributed by atoms with Crippen molar-refractivity contribution < 1.29 is 14.3 Å². The summed E-state index contributed by atoms with van der Waals surface area (Å²) in [5, 5.41) is 3.56. The minimum Gasteiger partial charge on any atom is -0.493 e. The Hall–Kier alpha value is -1.75. The fourth-order valence-electron chi connectivity index (χ4n) is 2.92. The van der Waals surface area contributed by atoms with Gasteiger partial charge in [0.15, 0.2) is 11.5 Å². The average molecular weight is 320 g/mol. The Kier molecular flexibility index (Phi) is 6.71. The number of aryl methyl sites for hydroxylation is 1. The number of likely N-dealkylation sites (N-methyl/N-ethyl adjacent to an activating group) is 1. The van der Waals surface area contributed by atoms with Gasteiger partial charge in [-0.05, 0) is 50.4 Å². The predicted octanol–water partition coefficient (Wildman–Crippen LogP) is 2.24. The number of rotatable bonds is 8. The zero-order chi connectivity index (χ0) is 16.7. The maximum absolute atomic E-state index is 11.5. The number of carbonyl (C=O) groups is 1. The van der Waals surface area contributed by atoms with E-state index in [2.05, 4.69) is 17.4 Å². The predicted molar refractivity (Wildman–Crippen MR) is 91.1 cm³/mol. The molecular formula is C18H28N2O3. The molecule has 1 aliphatic heterocycles. The van der Waals surface area contributed by atoms with Crippen molar-refractivity contribution in [2.45, 2.75) is 38.6 Å². The molecule has 1 heterocycles. The number of methoxy groups -OCH3 is 1. The normalized spacial score (nSPS) is 18.1. The Bertz CT molecular complexity index is 519. The van der Waals surface area contributed by atoms with E-state index >= 15 is 0 Å². The Balaban J connectivity index is 1.76. The largest absolute Gasteiger partial charge is 0.493 e. The maximum atomic E-state index is 11.5. The molecule has 0 saturated carbocycles. The average Bonchev–Trinajstić information content (AvgIpc) is 2.55. The highest BCUT2D eigenvalue weighted by Gasteiger charge is 2.21. The number of ether oxygens (including phenoxy) is 2. The van der Waals surface area contributed by atoms with Crippen molar-refractivity contribution in [3.8, 4) is 11.5 Å². The summed E-state index contributed by atoms with van der Waals surface area (Å²) in [7, 11) is 3.54. The van der Waals surface area contributed by atoms with Crippen LogP contribution >= 0.6 is 0 Å². The second-order valence-corrected chi connectivity index (χ2v) is 5.99. The first-order chi connectivity index (χ1) is 11.1. The van der Waals surface area contributed by atoms with E-state index in [1.165, 1.54) is 5.56 Å². The number of hydrogen-bond donors (Lipinski definition) is 1. The van der Waals surface area contributed by atoms with Gasteiger partial charge in [0.2, 0.25) is 5.91 Å². The van der Waals surface area contributed by atoms with Gasteiger partial charge in [-0.2, -0.15) is 0 Å². The third kappa shape index (κ3) is 5.13. The van der Waals surface area contributed by atoms with E-state index in [4.69, 9.17) is 9.47 Å². The number of carbonyl (C=O) groups excluding carboxylic acids is 1. The standard InChI is InChI=1S/C18H28N2O3/c1-4-23-17-12-14(7-9-16(17)22-3)6-5-11-19-15-8-10-18(21)20(2)13-15/h7,9,12,15,19H,4-6,8,10-11,13H2,1-3H3. The Morgan fingerprint density at radius 1 is 1.35 bits per heavy atom. The van der Waals surface area contributed by atoms with Crippen molar-refractivity contribution in [3.63, 3.8) is 0 Å². The first-order valence-electron chi connectivity index (χ1n) is 8.41. The van der Waals surface area contributed by atoms with Crippen LogP contribution in [-0.4, -0.2) is 50.7 Å². The molecule has 0 bridgehead atoms. The van der Waals surface area contributed by atoms with Gasteiger partial charge in [0, 0.05) is 26.1 Å². The van der Waals surface area contributed by atoms with E-state index < -0.39 is 0 Å². The summed E-state index contributed by atoms with van der Waals surface area (Å²) in [4.78, 5) is 13.3. The van der Waals surface area contributed by atoms with Crippen molar-refractivity contribution in [1.29, 1.82) is 0 Å². The zero-order valence-corrected chi connectivity index (χ0v) is 14.4. The number of nitrogens with zero attached hydrogens (tertiary/aromatic N) is 1. The number of piperidine rings is 1. The van der Waals surface area contributed by atoms with Gasteiger partial charge in [-0.1, -0.05) is 6.07 Å². The van der Waals surface area contributed by atoms with Crippen LogP contribution in [0.4, 0.5) is 0 Å². The second-order valence-electron chi connectivity index (χ2n) is 5.99. The number of likely N-dealkylation sites (tertiary alicyclic amines) is 1. The molecule has 5 heteroatoms. The smallest absolute Gasteiger partial charge is 0.222 e. The monoisotopic (exact) mass is 320 g/mol. The van der Waals surface area contributed by atoms with Crippen molar-refractivity contribution in [3.05, 3.63) is 23.8 Å². The lowest BCUT2D eigenvalue weighted by atomic mass is 10.0. The van der Waals surface area contributed by atoms with Crippen molar-refractivity contribution in [1.82, 2.24) is 10.2 Å². The van der Waals surface area contributed by atoms with Crippen LogP contribution in [0.2, 0.25) is 0 Å². The van der Waals surface area contributed by atoms with Crippen LogP contribution in [0.25, 0.3) is 0 Å². The topological polar surface area (TPSA) is 50.8 Å². The van der Waals surface area contributed by atoms with Crippen LogP contribution in [-0.2, 0) is 11.2 Å². The lowest BCUT2D eigenvalue weighted by Gasteiger charge is -2.30. The Morgan fingerprint density at radius 3 is 2.87 bits per heavy atom. The molecule has 1 N–H and O–H groups in total. The fourth-order valence-corrected chi connectivity index (χ4v) is 2.92. The molecule has 1 unspecified atom stereocenters. The Morgan fingerprint density at radius 2 is 2.17 bits per heavy atom. The van der Waals surface area contributed by atoms with Crippen LogP contribution in [0.15, 0.2) is 18.2 Å². The molecule has 1 saturated heterocycles. The summed E-state index contributed by atoms with van der Waals surface area (Å²) in [5.41, 5.74) is 1.26. The van der Waals surface area contributed by atoms with Crippen molar-refractivity contribution in [2.24, 2.45) is 0 Å². The van der Waals surface area contributed by atoms with E-state index in [1.807, 2.05) is 24.9 Å². The summed E-state index contributed by atoms with van der Waals surface area (Å²) < 4.78 is 10.9. The quantitative estimate of drug-likeness (QED) is 0.746. The molecule has 0 aliphatic carbocycles. The molecule has 1 aromatic carbocycles. The molecule has 1 amide bonds. The second kappa shape index (κ2) is 8.77. The van der Waals surface area contributed by atoms with Crippen LogP contribution in [0, 0.1) is 0 Å². The first-order valence-corrected chi connectivity index (χ1v) is 8.41. The molecule has 0 spiro atoms. The molecule has 1 fully saturated rings. The lowest BCUT2D eigenvalue weighted by molar-refractivity contribution is -0.132. The van der Waals surface area contributed by atoms with Gasteiger partial charge in [-0.15, -0.1) is 0 Å². The third-order valence-corrected chi connectivity index (χ3v) is 4.23. The van der Waals surface area contributed by atoms with E-state index in [0.717, 1.165) is 43.9 Å². The van der Waals surface area contributed by atoms with Gasteiger partial charge in [0.1, 0.15) is 0 Å². The highest BCUT2D eigenvalue weighted by Crippen LogP contribution is 2.28. The van der Waals surface area contributed by atoms with Crippen molar-refractivity contribution in [2.75, 3.05) is 33.9 Å². The SMILES string of the molecule is CCOc1cc(CCCNC2CCC(=O)N(C)C2)ccc1OC. The van der Waals surface area contributed by atoms with E-state index in [1.54, 1.807) is 7.11 Å². The minimum atomic E-state index is 0.254. The third-order valence-electron chi connectivity index (χ3n) is 4.23. The molecule has 1 atom stereocenters. The molecular weight excluding hydrogens is 292 g/mol. The van der Waals surface area contributed by atoms with Gasteiger partial charge in [0.05, 0.1) is 13.7 Å². The van der Waals surface area contributed by atoms with Gasteiger partial charge in [-0.3, -0.25) is 4.79 Å². The lowest BCUT2D eigenvalue weighted by Crippen LogP contribution is -2.46. The first kappa shape index (κ1) is 17.6. The molecule has 0 aromatic heterocycles. The van der Waals surface area contributed by atoms with E-state index in [-0.39, 0.29) is 5.91 Å². The van der Waals surface area contributed by atoms with E-state index in [9.17, 15) is 4.79 Å². The molecule has 1 aromatic rings. The van der Waals surface area contributed by atoms with E-state index in [0.29, 0.717) is 19.1 Å². The number of benzene rings is 1. The molecule has 2 rings (SSSR count). The van der Waals surface area contributed by atoms with Crippen molar-refractivity contribution >= 4 is 5.91 Å². The zero-order valence-electron chi connectivity index (χ0n) is 14.4. The highest BCUT2D eigenvalue weighted by atomic mass is 16.5. The van der Waals surface area contributed by atoms with Crippen LogP contribution < -0.4 is 14.8 Å². The van der Waals surface area contributed by atoms with Gasteiger partial charge in [0.25, 0.3) is 0 Å². The maximum Gasteiger partial charge on any atom is 0.222 e.